The van der Waals surface area contributed by atoms with Crippen LogP contribution in [-0.2, 0) is 12.6 Å². The summed E-state index contributed by atoms with van der Waals surface area (Å²) in [6.45, 7) is 1.91. The zero-order chi connectivity index (χ0) is 11.5. The van der Waals surface area contributed by atoms with E-state index in [4.69, 9.17) is 0 Å². The van der Waals surface area contributed by atoms with E-state index >= 15 is 0 Å². The highest BCUT2D eigenvalue weighted by molar-refractivity contribution is 5.77. The minimum Gasteiger partial charge on any atom is -0.298 e. The molecule has 0 aromatic heterocycles. The molecular formula is C11H11F3O. The molecule has 0 aliphatic carbocycles. The van der Waals surface area contributed by atoms with Crippen LogP contribution < -0.4 is 0 Å². The number of rotatable bonds is 3. The number of carbonyl (C=O) groups is 1. The highest BCUT2D eigenvalue weighted by atomic mass is 19.4. The molecule has 0 saturated heterocycles. The molecule has 0 atom stereocenters. The fourth-order valence-electron chi connectivity index (χ4n) is 1.38. The minimum atomic E-state index is -4.39. The Labute approximate surface area is 85.9 Å². The zero-order valence-corrected chi connectivity index (χ0v) is 8.27. The molecule has 1 aromatic rings. The molecule has 15 heavy (non-hydrogen) atoms. The van der Waals surface area contributed by atoms with Crippen LogP contribution in [0.5, 0.6) is 0 Å². The van der Waals surface area contributed by atoms with Gasteiger partial charge in [-0.05, 0) is 24.1 Å². The summed E-state index contributed by atoms with van der Waals surface area (Å²) in [5.41, 5.74) is 0.0247. The van der Waals surface area contributed by atoms with Gasteiger partial charge in [0.2, 0.25) is 0 Å². The Balaban J connectivity index is 3.13. The third-order valence-corrected chi connectivity index (χ3v) is 2.12. The van der Waals surface area contributed by atoms with Crippen LogP contribution in [0.25, 0.3) is 0 Å². The van der Waals surface area contributed by atoms with Crippen molar-refractivity contribution in [1.82, 2.24) is 0 Å². The lowest BCUT2D eigenvalue weighted by molar-refractivity contribution is -0.137. The average molecular weight is 216 g/mol. The second-order valence-electron chi connectivity index (χ2n) is 3.28. The van der Waals surface area contributed by atoms with Crippen LogP contribution in [0.2, 0.25) is 0 Å². The van der Waals surface area contributed by atoms with E-state index in [1.165, 1.54) is 6.07 Å². The molecule has 0 unspecified atom stereocenters. The van der Waals surface area contributed by atoms with E-state index < -0.39 is 11.7 Å². The fraction of sp³-hybridized carbons (Fsp3) is 0.364. The predicted molar refractivity (Wildman–Crippen MR) is 50.8 cm³/mol. The molecule has 82 valence electrons. The summed E-state index contributed by atoms with van der Waals surface area (Å²) in [6.07, 6.45) is -2.50. The Hall–Kier alpha value is -1.32. The molecule has 0 spiro atoms. The van der Waals surface area contributed by atoms with Crippen molar-refractivity contribution in [1.29, 1.82) is 0 Å². The van der Waals surface area contributed by atoms with Crippen molar-refractivity contribution < 1.29 is 18.0 Å². The smallest absolute Gasteiger partial charge is 0.298 e. The van der Waals surface area contributed by atoms with E-state index in [2.05, 4.69) is 0 Å². The number of benzene rings is 1. The molecule has 0 bridgehead atoms. The summed E-state index contributed by atoms with van der Waals surface area (Å²) in [5.74, 6) is 0. The molecular weight excluding hydrogens is 205 g/mol. The molecule has 0 N–H and O–H groups in total. The molecule has 1 aromatic carbocycles. The SMILES string of the molecule is CCCc1ccc(C(F)(F)F)cc1C=O. The van der Waals surface area contributed by atoms with Gasteiger partial charge in [0.15, 0.2) is 0 Å². The maximum absolute atomic E-state index is 12.3. The van der Waals surface area contributed by atoms with Crippen LogP contribution >= 0.6 is 0 Å². The Morgan fingerprint density at radius 2 is 2.00 bits per heavy atom. The highest BCUT2D eigenvalue weighted by Gasteiger charge is 2.30. The maximum atomic E-state index is 12.3. The van der Waals surface area contributed by atoms with E-state index in [9.17, 15) is 18.0 Å². The maximum Gasteiger partial charge on any atom is 0.416 e. The van der Waals surface area contributed by atoms with Gasteiger partial charge in [-0.15, -0.1) is 0 Å². The molecule has 1 nitrogen and oxygen atoms in total. The summed E-state index contributed by atoms with van der Waals surface area (Å²) in [5, 5.41) is 0. The van der Waals surface area contributed by atoms with Gasteiger partial charge >= 0.3 is 6.18 Å². The third-order valence-electron chi connectivity index (χ3n) is 2.12. The van der Waals surface area contributed by atoms with Crippen molar-refractivity contribution >= 4 is 6.29 Å². The number of hydrogen-bond acceptors (Lipinski definition) is 1. The van der Waals surface area contributed by atoms with E-state index in [0.717, 1.165) is 18.6 Å². The van der Waals surface area contributed by atoms with Crippen LogP contribution in [-0.4, -0.2) is 6.29 Å². The average Bonchev–Trinajstić information content (AvgIpc) is 2.17. The molecule has 1 rings (SSSR count). The molecule has 0 amide bonds. The van der Waals surface area contributed by atoms with Gasteiger partial charge in [0.1, 0.15) is 6.29 Å². The lowest BCUT2D eigenvalue weighted by Crippen LogP contribution is -2.06. The molecule has 0 aliphatic heterocycles. The first kappa shape index (κ1) is 11.8. The van der Waals surface area contributed by atoms with Gasteiger partial charge in [-0.3, -0.25) is 4.79 Å². The van der Waals surface area contributed by atoms with Crippen molar-refractivity contribution in [2.24, 2.45) is 0 Å². The van der Waals surface area contributed by atoms with Crippen LogP contribution in [0.3, 0.4) is 0 Å². The van der Waals surface area contributed by atoms with Crippen molar-refractivity contribution in [3.8, 4) is 0 Å². The number of alkyl halides is 3. The van der Waals surface area contributed by atoms with E-state index in [0.29, 0.717) is 18.3 Å². The van der Waals surface area contributed by atoms with E-state index in [1.807, 2.05) is 6.92 Å². The normalized spacial score (nSPS) is 11.5. The largest absolute Gasteiger partial charge is 0.416 e. The highest BCUT2D eigenvalue weighted by Crippen LogP contribution is 2.30. The Bertz CT molecular complexity index is 355. The lowest BCUT2D eigenvalue weighted by atomic mass is 10.0. The second kappa shape index (κ2) is 4.47. The zero-order valence-electron chi connectivity index (χ0n) is 8.27. The van der Waals surface area contributed by atoms with E-state index in [1.54, 1.807) is 0 Å². The Kier molecular flexibility index (Phi) is 3.50. The Morgan fingerprint density at radius 1 is 1.33 bits per heavy atom. The van der Waals surface area contributed by atoms with Gasteiger partial charge in [0.05, 0.1) is 5.56 Å². The summed E-state index contributed by atoms with van der Waals surface area (Å²) >= 11 is 0. The fourth-order valence-corrected chi connectivity index (χ4v) is 1.38. The first-order valence-electron chi connectivity index (χ1n) is 4.64. The van der Waals surface area contributed by atoms with Crippen molar-refractivity contribution in [2.45, 2.75) is 25.9 Å². The number of carbonyl (C=O) groups excluding carboxylic acids is 1. The number of aldehydes is 1. The summed E-state index contributed by atoms with van der Waals surface area (Å²) < 4.78 is 36.9. The number of hydrogen-bond donors (Lipinski definition) is 0. The molecule has 0 heterocycles. The van der Waals surface area contributed by atoms with Crippen LogP contribution in [0.1, 0.15) is 34.8 Å². The lowest BCUT2D eigenvalue weighted by Gasteiger charge is -2.09. The van der Waals surface area contributed by atoms with Crippen molar-refractivity contribution in [3.05, 3.63) is 34.9 Å². The monoisotopic (exact) mass is 216 g/mol. The standard InChI is InChI=1S/C11H11F3O/c1-2-3-8-4-5-10(11(12,13)14)6-9(8)7-15/h4-7H,2-3H2,1H3. The van der Waals surface area contributed by atoms with Gasteiger partial charge in [0, 0.05) is 5.56 Å². The van der Waals surface area contributed by atoms with Crippen LogP contribution in [0.15, 0.2) is 18.2 Å². The molecule has 4 heteroatoms. The number of halogens is 3. The second-order valence-corrected chi connectivity index (χ2v) is 3.28. The van der Waals surface area contributed by atoms with Gasteiger partial charge in [0.25, 0.3) is 0 Å². The molecule has 0 aliphatic rings. The predicted octanol–water partition coefficient (Wildman–Crippen LogP) is 3.47. The van der Waals surface area contributed by atoms with Gasteiger partial charge < -0.3 is 0 Å². The van der Waals surface area contributed by atoms with Crippen molar-refractivity contribution in [3.63, 3.8) is 0 Å². The van der Waals surface area contributed by atoms with Crippen LogP contribution in [0.4, 0.5) is 13.2 Å². The van der Waals surface area contributed by atoms with Gasteiger partial charge in [-0.2, -0.15) is 13.2 Å². The van der Waals surface area contributed by atoms with Gasteiger partial charge in [-0.25, -0.2) is 0 Å². The topological polar surface area (TPSA) is 17.1 Å². The summed E-state index contributed by atoms with van der Waals surface area (Å²) in [7, 11) is 0. The molecule has 0 fully saturated rings. The first-order valence-corrected chi connectivity index (χ1v) is 4.64. The third kappa shape index (κ3) is 2.81. The summed E-state index contributed by atoms with van der Waals surface area (Å²) in [6, 6.07) is 3.28. The van der Waals surface area contributed by atoms with Gasteiger partial charge in [-0.1, -0.05) is 19.4 Å². The molecule has 0 saturated carbocycles. The van der Waals surface area contributed by atoms with E-state index in [-0.39, 0.29) is 5.56 Å². The molecule has 0 radical (unpaired) electrons. The Morgan fingerprint density at radius 3 is 2.47 bits per heavy atom. The summed E-state index contributed by atoms with van der Waals surface area (Å²) in [4.78, 5) is 10.6. The minimum absolute atomic E-state index is 0.131. The quantitative estimate of drug-likeness (QED) is 0.707. The van der Waals surface area contributed by atoms with Crippen molar-refractivity contribution in [2.75, 3.05) is 0 Å². The number of aryl methyl sites for hydroxylation is 1. The van der Waals surface area contributed by atoms with Crippen LogP contribution in [0, 0.1) is 0 Å². The first-order chi connectivity index (χ1) is 6.99.